The number of hydrogen-bond donors (Lipinski definition) is 3. The summed E-state index contributed by atoms with van der Waals surface area (Å²) in [6.45, 7) is 15.8. The van der Waals surface area contributed by atoms with Gasteiger partial charge in [-0.25, -0.2) is 14.1 Å². The standard InChI is InChI=1S/C17H12FN3O2S.C7H3N3S.C6H9NO3.C4H3NO2.Na/c1-3-23-13-5-4-9(18)6-11(13)15(22)16-14(19)12-7-10(20-2)8-21-17(12)24-16;1-9-6-2-5(3-8)7(11)10-4-6;1-9-6(10-2)5(3-7)4-8;5-1-4(2-6)3-7;/h4-8H,3,19H2,1H3;2,4H,(H,10,11);4,6,8H,1-2H3;2-3,6H;/q;;;;+1/p-1/b;;5-4+;4-2+;. The Hall–Kier alpha value is -5.98. The van der Waals surface area contributed by atoms with Crippen molar-refractivity contribution < 1.29 is 68.0 Å². The number of aromatic amines is 1. The molecule has 4 N–H and O–H groups in total. The topological polar surface area (TPSA) is 240 Å². The number of nitrogens with two attached hydrogens (primary N) is 1. The number of rotatable bonds is 8. The molecule has 0 unspecified atom stereocenters. The number of anilines is 1. The van der Waals surface area contributed by atoms with Crippen LogP contribution in [0.5, 0.6) is 5.75 Å². The van der Waals surface area contributed by atoms with E-state index in [1.807, 2.05) is 6.07 Å². The number of nitriles is 3. The number of ketones is 1. The van der Waals surface area contributed by atoms with Crippen LogP contribution in [0.1, 0.15) is 27.7 Å². The number of nitrogen functional groups attached to an aromatic ring is 1. The molecule has 3 aromatic heterocycles. The predicted octanol–water partition coefficient (Wildman–Crippen LogP) is 2.89. The molecule has 0 radical (unpaired) electrons. The van der Waals surface area contributed by atoms with Crippen molar-refractivity contribution in [3.8, 4) is 24.0 Å². The number of aldehydes is 1. The number of benzene rings is 1. The van der Waals surface area contributed by atoms with Gasteiger partial charge in [0.05, 0.1) is 48.2 Å². The van der Waals surface area contributed by atoms with Crippen LogP contribution in [0.2, 0.25) is 0 Å². The fourth-order valence-electron chi connectivity index (χ4n) is 3.49. The van der Waals surface area contributed by atoms with Crippen molar-refractivity contribution in [2.75, 3.05) is 26.6 Å². The first kappa shape index (κ1) is 47.0. The van der Waals surface area contributed by atoms with Crippen LogP contribution in [-0.2, 0) is 14.3 Å². The number of aromatic nitrogens is 2. The van der Waals surface area contributed by atoms with Gasteiger partial charge in [-0.15, -0.1) is 17.6 Å². The summed E-state index contributed by atoms with van der Waals surface area (Å²) in [4.78, 5) is 36.4. The van der Waals surface area contributed by atoms with E-state index in [0.717, 1.165) is 17.4 Å². The quantitative estimate of drug-likeness (QED) is 0.0270. The molecule has 0 saturated carbocycles. The number of nitrogens with one attached hydrogen (secondary N) is 1. The Morgan fingerprint density at radius 1 is 1.19 bits per heavy atom. The summed E-state index contributed by atoms with van der Waals surface area (Å²) in [6.07, 6.45) is 3.23. The van der Waals surface area contributed by atoms with Crippen LogP contribution < -0.4 is 45.1 Å². The number of aliphatic hydroxyl groups is 1. The van der Waals surface area contributed by atoms with Gasteiger partial charge in [-0.05, 0) is 37.3 Å². The number of halogens is 1. The Kier molecular flexibility index (Phi) is 22.2. The Morgan fingerprint density at radius 3 is 2.30 bits per heavy atom. The second-order valence-corrected chi connectivity index (χ2v) is 10.4. The molecular weight excluding hydrogens is 739 g/mol. The van der Waals surface area contributed by atoms with Crippen LogP contribution in [0.15, 0.2) is 66.4 Å². The molecule has 0 spiro atoms. The first-order valence-corrected chi connectivity index (χ1v) is 15.2. The second-order valence-electron chi connectivity index (χ2n) is 9.03. The number of fused-ring (bicyclic) bond motifs is 1. The van der Waals surface area contributed by atoms with E-state index in [2.05, 4.69) is 29.1 Å². The molecule has 4 aromatic rings. The molecule has 0 aliphatic carbocycles. The summed E-state index contributed by atoms with van der Waals surface area (Å²) in [6, 6.07) is 11.8. The van der Waals surface area contributed by atoms with E-state index in [1.54, 1.807) is 19.1 Å². The zero-order chi connectivity index (χ0) is 39.2. The minimum atomic E-state index is -0.831. The smallest absolute Gasteiger partial charge is 0.877 e. The van der Waals surface area contributed by atoms with Crippen molar-refractivity contribution in [1.82, 2.24) is 9.97 Å². The first-order chi connectivity index (χ1) is 25.0. The molecule has 1 aromatic carbocycles. The number of carbonyl (C=O) groups is 2. The zero-order valence-electron chi connectivity index (χ0n) is 28.4. The SMILES string of the molecule is COC(OC)/C(C#N)=C/[O-].N#C/C(C=O)=C\O.[C-]#[N+]c1c[nH]c(=S)c(C#N)c1.[C-]#[N+]c1cnc2sc(C(=O)c3cc(F)ccc3OCC)c(N)c2c1.[Na+]. The molecule has 0 amide bonds. The number of methoxy groups -OCH3 is 2. The summed E-state index contributed by atoms with van der Waals surface area (Å²) < 4.78 is 28.6. The Balaban J connectivity index is 0.000000779. The molecule has 0 atom stereocenters. The molecule has 53 heavy (non-hydrogen) atoms. The average molecular weight is 765 g/mol. The second kappa shape index (κ2) is 25.1. The minimum Gasteiger partial charge on any atom is -0.877 e. The zero-order valence-corrected chi connectivity index (χ0v) is 32.0. The number of ether oxygens (including phenoxy) is 3. The van der Waals surface area contributed by atoms with Gasteiger partial charge in [-0.2, -0.15) is 15.8 Å². The molecule has 0 bridgehead atoms. The Labute approximate surface area is 334 Å². The van der Waals surface area contributed by atoms with Crippen molar-refractivity contribution in [1.29, 1.82) is 15.8 Å². The van der Waals surface area contributed by atoms with E-state index in [1.165, 1.54) is 50.9 Å². The summed E-state index contributed by atoms with van der Waals surface area (Å²) in [5.41, 5.74) is 7.18. The average Bonchev–Trinajstić information content (AvgIpc) is 3.51. The molecule has 15 nitrogen and oxygen atoms in total. The normalized spacial score (nSPS) is 9.96. The van der Waals surface area contributed by atoms with Gasteiger partial charge in [0, 0.05) is 32.0 Å². The van der Waals surface area contributed by atoms with Crippen LogP contribution in [0.25, 0.3) is 19.9 Å². The number of carbonyl (C=O) groups excluding carboxylic acids is 2. The fraction of sp³-hybridized carbons (Fsp3) is 0.147. The van der Waals surface area contributed by atoms with Gasteiger partial charge in [0.15, 0.2) is 12.6 Å². The maximum absolute atomic E-state index is 13.6. The van der Waals surface area contributed by atoms with E-state index in [0.29, 0.717) is 56.7 Å². The largest absolute Gasteiger partial charge is 1.00 e. The molecule has 0 aliphatic heterocycles. The van der Waals surface area contributed by atoms with Crippen LogP contribution in [0, 0.1) is 57.6 Å². The third-order valence-corrected chi connectivity index (χ3v) is 7.33. The van der Waals surface area contributed by atoms with Crippen LogP contribution in [-0.4, -0.2) is 54.3 Å². The van der Waals surface area contributed by atoms with Gasteiger partial charge < -0.3 is 35.1 Å². The number of nitrogens with zero attached hydrogens (tertiary/aromatic N) is 6. The van der Waals surface area contributed by atoms with Crippen molar-refractivity contribution in [3.63, 3.8) is 0 Å². The monoisotopic (exact) mass is 764 g/mol. The van der Waals surface area contributed by atoms with Gasteiger partial charge in [0.2, 0.25) is 17.2 Å². The number of allylic oxidation sites excluding steroid dienone is 1. The van der Waals surface area contributed by atoms with Gasteiger partial charge in [-0.1, -0.05) is 12.2 Å². The minimum absolute atomic E-state index is 0. The van der Waals surface area contributed by atoms with Crippen molar-refractivity contribution in [3.05, 3.63) is 116 Å². The maximum Gasteiger partial charge on any atom is 1.00 e. The molecule has 0 saturated heterocycles. The summed E-state index contributed by atoms with van der Waals surface area (Å²) >= 11 is 5.89. The molecule has 0 aliphatic rings. The predicted molar refractivity (Wildman–Crippen MR) is 188 cm³/mol. The van der Waals surface area contributed by atoms with E-state index in [4.69, 9.17) is 56.7 Å². The molecule has 19 heteroatoms. The van der Waals surface area contributed by atoms with Crippen LogP contribution >= 0.6 is 23.6 Å². The third-order valence-electron chi connectivity index (χ3n) is 5.86. The van der Waals surface area contributed by atoms with E-state index in [-0.39, 0.29) is 63.1 Å². The molecular formula is C34H26FN8NaO7S2. The van der Waals surface area contributed by atoms with Crippen LogP contribution in [0.4, 0.5) is 21.5 Å². The summed E-state index contributed by atoms with van der Waals surface area (Å²) in [5.74, 6) is -0.659. The third kappa shape index (κ3) is 13.9. The fourth-order valence-corrected chi connectivity index (χ4v) is 4.66. The molecule has 3 heterocycles. The summed E-state index contributed by atoms with van der Waals surface area (Å²) in [5, 5.41) is 43.1. The maximum atomic E-state index is 13.6. The van der Waals surface area contributed by atoms with Crippen molar-refractivity contribution >= 4 is 62.9 Å². The number of thiophene rings is 1. The number of pyridine rings is 2. The van der Waals surface area contributed by atoms with Crippen LogP contribution in [0.3, 0.4) is 0 Å². The number of hydrogen-bond acceptors (Lipinski definition) is 14. The van der Waals surface area contributed by atoms with Gasteiger partial charge in [0.1, 0.15) is 49.9 Å². The first-order valence-electron chi connectivity index (χ1n) is 14.0. The van der Waals surface area contributed by atoms with Crippen molar-refractivity contribution in [2.24, 2.45) is 0 Å². The Morgan fingerprint density at radius 2 is 1.85 bits per heavy atom. The Bertz CT molecular complexity index is 2240. The molecule has 4 rings (SSSR count). The molecule has 264 valence electrons. The van der Waals surface area contributed by atoms with Gasteiger partial charge >= 0.3 is 29.6 Å². The summed E-state index contributed by atoms with van der Waals surface area (Å²) in [7, 11) is 2.71. The van der Waals surface area contributed by atoms with E-state index >= 15 is 0 Å². The van der Waals surface area contributed by atoms with E-state index < -0.39 is 17.9 Å². The number of aliphatic hydroxyl groups excluding tert-OH is 1. The van der Waals surface area contributed by atoms with Crippen molar-refractivity contribution in [2.45, 2.75) is 13.2 Å². The van der Waals surface area contributed by atoms with Gasteiger partial charge in [0.25, 0.3) is 0 Å². The molecule has 0 fully saturated rings. The number of H-pyrrole nitrogens is 1. The van der Waals surface area contributed by atoms with E-state index in [9.17, 15) is 19.1 Å². The van der Waals surface area contributed by atoms with Gasteiger partial charge in [-0.3, -0.25) is 14.6 Å².